The van der Waals surface area contributed by atoms with Crippen molar-refractivity contribution in [3.05, 3.63) is 71.3 Å². The van der Waals surface area contributed by atoms with Gasteiger partial charge in [-0.05, 0) is 76.5 Å². The number of piperidine rings is 1. The number of hydrogen-bond acceptors (Lipinski definition) is 4. The number of nitrogens with zero attached hydrogens (tertiary/aromatic N) is 2. The van der Waals surface area contributed by atoms with E-state index >= 15 is 0 Å². The van der Waals surface area contributed by atoms with E-state index in [9.17, 15) is 9.59 Å². The number of rotatable bonds is 5. The van der Waals surface area contributed by atoms with Gasteiger partial charge in [-0.25, -0.2) is 4.79 Å². The maximum Gasteiger partial charge on any atom is 0.410 e. The average molecular weight is 491 g/mol. The smallest absolute Gasteiger partial charge is 0.410 e. The van der Waals surface area contributed by atoms with E-state index in [1.807, 2.05) is 82.0 Å². The van der Waals surface area contributed by atoms with E-state index < -0.39 is 11.2 Å². The second-order valence-corrected chi connectivity index (χ2v) is 10.7. The van der Waals surface area contributed by atoms with Crippen LogP contribution in [0.3, 0.4) is 0 Å². The lowest BCUT2D eigenvalue weighted by atomic mass is 9.83. The molecule has 0 N–H and O–H groups in total. The van der Waals surface area contributed by atoms with Gasteiger partial charge in [0.05, 0.1) is 0 Å². The van der Waals surface area contributed by atoms with Crippen LogP contribution in [0.25, 0.3) is 5.57 Å². The highest BCUT2D eigenvalue weighted by Crippen LogP contribution is 2.42. The third-order valence-corrected chi connectivity index (χ3v) is 6.89. The van der Waals surface area contributed by atoms with Gasteiger partial charge in [0.15, 0.2) is 0 Å². The molecule has 1 spiro atoms. The predicted molar refractivity (Wildman–Crippen MR) is 142 cm³/mol. The fraction of sp³-hybridized carbons (Fsp3) is 0.467. The molecule has 1 saturated heterocycles. The van der Waals surface area contributed by atoms with Gasteiger partial charge in [0.2, 0.25) is 0 Å². The fourth-order valence-corrected chi connectivity index (χ4v) is 4.93. The first-order chi connectivity index (χ1) is 17.1. The molecule has 36 heavy (non-hydrogen) atoms. The molecule has 0 aliphatic carbocycles. The number of hydrogen-bond donors (Lipinski definition) is 0. The highest BCUT2D eigenvalue weighted by Gasteiger charge is 2.40. The quantitative estimate of drug-likeness (QED) is 0.519. The summed E-state index contributed by atoms with van der Waals surface area (Å²) in [5.74, 6) is 0.951. The first kappa shape index (κ1) is 25.8. The highest BCUT2D eigenvalue weighted by molar-refractivity contribution is 5.94. The zero-order valence-corrected chi connectivity index (χ0v) is 22.2. The molecule has 0 atom stereocenters. The molecule has 0 radical (unpaired) electrons. The van der Waals surface area contributed by atoms with Gasteiger partial charge in [0.25, 0.3) is 5.91 Å². The molecule has 2 amide bonds. The molecule has 2 aliphatic rings. The van der Waals surface area contributed by atoms with E-state index in [0.717, 1.165) is 28.9 Å². The number of carbonyl (C=O) groups is 2. The van der Waals surface area contributed by atoms with Gasteiger partial charge < -0.3 is 19.3 Å². The number of fused-ring (bicyclic) bond motifs is 1. The average Bonchev–Trinajstić information content (AvgIpc) is 2.84. The third-order valence-electron chi connectivity index (χ3n) is 6.89. The van der Waals surface area contributed by atoms with E-state index in [4.69, 9.17) is 9.47 Å². The molecule has 0 bridgehead atoms. The summed E-state index contributed by atoms with van der Waals surface area (Å²) in [4.78, 5) is 28.9. The Morgan fingerprint density at radius 1 is 1.00 bits per heavy atom. The van der Waals surface area contributed by atoms with E-state index in [0.29, 0.717) is 39.0 Å². The van der Waals surface area contributed by atoms with Gasteiger partial charge in [0, 0.05) is 50.1 Å². The van der Waals surface area contributed by atoms with Gasteiger partial charge in [-0.2, -0.15) is 0 Å². The maximum atomic E-state index is 12.7. The van der Waals surface area contributed by atoms with Crippen LogP contribution >= 0.6 is 0 Å². The first-order valence-electron chi connectivity index (χ1n) is 13.0. The van der Waals surface area contributed by atoms with E-state index in [1.54, 1.807) is 4.90 Å². The first-order valence-corrected chi connectivity index (χ1v) is 13.0. The van der Waals surface area contributed by atoms with Crippen molar-refractivity contribution in [2.75, 3.05) is 26.2 Å². The molecule has 6 nitrogen and oxygen atoms in total. The summed E-state index contributed by atoms with van der Waals surface area (Å²) in [6.07, 6.45) is 4.16. The van der Waals surface area contributed by atoms with E-state index in [-0.39, 0.29) is 12.0 Å². The summed E-state index contributed by atoms with van der Waals surface area (Å²) in [7, 11) is 0. The monoisotopic (exact) mass is 490 g/mol. The van der Waals surface area contributed by atoms with Crippen molar-refractivity contribution < 1.29 is 19.1 Å². The Bertz CT molecular complexity index is 1120. The van der Waals surface area contributed by atoms with Gasteiger partial charge in [-0.15, -0.1) is 0 Å². The number of benzene rings is 2. The van der Waals surface area contributed by atoms with Crippen molar-refractivity contribution in [1.82, 2.24) is 9.80 Å². The summed E-state index contributed by atoms with van der Waals surface area (Å²) < 4.78 is 12.1. The van der Waals surface area contributed by atoms with Crippen LogP contribution in [0.1, 0.15) is 68.9 Å². The van der Waals surface area contributed by atoms with Crippen molar-refractivity contribution in [1.29, 1.82) is 0 Å². The van der Waals surface area contributed by atoms with Crippen LogP contribution in [-0.2, 0) is 11.2 Å². The SMILES string of the molecule is CCN(CC)C(=O)c1ccc(CC2=CC3(CCN(C(=O)OC(C)(C)C)CC3)Oc3ccccc32)cc1. The number of allylic oxidation sites excluding steroid dienone is 1. The lowest BCUT2D eigenvalue weighted by Gasteiger charge is -2.43. The number of para-hydroxylation sites is 1. The van der Waals surface area contributed by atoms with Gasteiger partial charge in [-0.3, -0.25) is 4.79 Å². The number of carbonyl (C=O) groups excluding carboxylic acids is 2. The molecule has 192 valence electrons. The Morgan fingerprint density at radius 3 is 2.25 bits per heavy atom. The predicted octanol–water partition coefficient (Wildman–Crippen LogP) is 5.96. The van der Waals surface area contributed by atoms with Crippen LogP contribution in [0, 0.1) is 0 Å². The maximum absolute atomic E-state index is 12.7. The van der Waals surface area contributed by atoms with Gasteiger partial charge in [-0.1, -0.05) is 30.3 Å². The fourth-order valence-electron chi connectivity index (χ4n) is 4.93. The summed E-state index contributed by atoms with van der Waals surface area (Å²) in [6.45, 7) is 12.2. The summed E-state index contributed by atoms with van der Waals surface area (Å²) in [5, 5.41) is 0. The van der Waals surface area contributed by atoms with Crippen LogP contribution in [0.4, 0.5) is 4.79 Å². The summed E-state index contributed by atoms with van der Waals surface area (Å²) >= 11 is 0. The molecule has 2 aromatic carbocycles. The highest BCUT2D eigenvalue weighted by atomic mass is 16.6. The molecule has 0 aromatic heterocycles. The normalized spacial score (nSPS) is 16.6. The Morgan fingerprint density at radius 2 is 1.64 bits per heavy atom. The van der Waals surface area contributed by atoms with Crippen molar-refractivity contribution in [3.8, 4) is 5.75 Å². The van der Waals surface area contributed by atoms with Crippen LogP contribution in [0.15, 0.2) is 54.6 Å². The minimum atomic E-state index is -0.509. The van der Waals surface area contributed by atoms with Crippen molar-refractivity contribution in [2.24, 2.45) is 0 Å². The van der Waals surface area contributed by atoms with Crippen LogP contribution in [0.2, 0.25) is 0 Å². The third kappa shape index (κ3) is 5.75. The molecule has 0 unspecified atom stereocenters. The summed E-state index contributed by atoms with van der Waals surface area (Å²) in [5.41, 5.74) is 3.22. The van der Waals surface area contributed by atoms with E-state index in [2.05, 4.69) is 12.1 Å². The topological polar surface area (TPSA) is 59.1 Å². The molecule has 4 rings (SSSR count). The minimum absolute atomic E-state index is 0.0675. The van der Waals surface area contributed by atoms with Crippen molar-refractivity contribution in [2.45, 2.75) is 65.1 Å². The zero-order valence-electron chi connectivity index (χ0n) is 22.2. The molecular weight excluding hydrogens is 452 g/mol. The Hall–Kier alpha value is -3.28. The van der Waals surface area contributed by atoms with Gasteiger partial charge >= 0.3 is 6.09 Å². The molecular formula is C30H38N2O4. The Labute approximate surface area is 214 Å². The number of ether oxygens (including phenoxy) is 2. The molecule has 2 aliphatic heterocycles. The van der Waals surface area contributed by atoms with Crippen LogP contribution < -0.4 is 4.74 Å². The van der Waals surface area contributed by atoms with E-state index in [1.165, 1.54) is 5.57 Å². The molecule has 6 heteroatoms. The standard InChI is InChI=1S/C30H38N2O4/c1-6-31(7-2)27(33)23-14-12-22(13-15-23)20-24-21-30(35-26-11-9-8-10-25(24)26)16-18-32(19-17-30)28(34)36-29(3,4)5/h8-15,21H,6-7,16-20H2,1-5H3. The number of amides is 2. The summed E-state index contributed by atoms with van der Waals surface area (Å²) in [6, 6.07) is 16.1. The minimum Gasteiger partial charge on any atom is -0.482 e. The molecule has 2 aromatic rings. The Kier molecular flexibility index (Phi) is 7.43. The number of likely N-dealkylation sites (tertiary alicyclic amines) is 1. The van der Waals surface area contributed by atoms with Crippen molar-refractivity contribution in [3.63, 3.8) is 0 Å². The lowest BCUT2D eigenvalue weighted by molar-refractivity contribution is -0.00123. The second-order valence-electron chi connectivity index (χ2n) is 10.7. The molecule has 1 fully saturated rings. The van der Waals surface area contributed by atoms with Crippen LogP contribution in [-0.4, -0.2) is 59.2 Å². The Balaban J connectivity index is 1.53. The second kappa shape index (κ2) is 10.4. The lowest BCUT2D eigenvalue weighted by Crippen LogP contribution is -2.50. The van der Waals surface area contributed by atoms with Crippen molar-refractivity contribution >= 4 is 17.6 Å². The van der Waals surface area contributed by atoms with Crippen LogP contribution in [0.5, 0.6) is 5.75 Å². The zero-order chi connectivity index (χ0) is 25.9. The largest absolute Gasteiger partial charge is 0.482 e. The molecule has 2 heterocycles. The molecule has 0 saturated carbocycles. The van der Waals surface area contributed by atoms with Gasteiger partial charge in [0.1, 0.15) is 17.0 Å².